The van der Waals surface area contributed by atoms with Gasteiger partial charge in [0.2, 0.25) is 6.41 Å². The molecule has 0 spiro atoms. The van der Waals surface area contributed by atoms with Gasteiger partial charge in [0, 0.05) is 12.1 Å². The molecule has 0 unspecified atom stereocenters. The van der Waals surface area contributed by atoms with Crippen LogP contribution in [-0.4, -0.2) is 25.2 Å². The van der Waals surface area contributed by atoms with E-state index in [0.29, 0.717) is 18.4 Å². The van der Waals surface area contributed by atoms with Crippen LogP contribution in [0, 0.1) is 0 Å². The molecule has 1 aromatic carbocycles. The topological polar surface area (TPSA) is 44.4 Å². The number of nitrogens with zero attached hydrogens (tertiary/aromatic N) is 1. The molecule has 1 aromatic rings. The standard InChI is InChI=1S/C15H18F3N3O/c16-15(17,18)10-1-6-14-13(7-10)19-8-21(14)12-4-2-11(3-5-12)20-9-22/h1,6-7,9,11-12,19H,2-5,8H2,(H,20,22). The van der Waals surface area contributed by atoms with Gasteiger partial charge in [-0.2, -0.15) is 13.2 Å². The first-order valence-electron chi connectivity index (χ1n) is 7.40. The highest BCUT2D eigenvalue weighted by atomic mass is 19.4. The quantitative estimate of drug-likeness (QED) is 0.843. The maximum absolute atomic E-state index is 12.7. The molecule has 1 saturated carbocycles. The molecule has 1 aliphatic heterocycles. The van der Waals surface area contributed by atoms with Gasteiger partial charge in [-0.1, -0.05) is 0 Å². The third-order valence-electron chi connectivity index (χ3n) is 4.51. The van der Waals surface area contributed by atoms with Crippen molar-refractivity contribution in [3.8, 4) is 0 Å². The lowest BCUT2D eigenvalue weighted by atomic mass is 9.90. The van der Waals surface area contributed by atoms with Crippen LogP contribution >= 0.6 is 0 Å². The van der Waals surface area contributed by atoms with Gasteiger partial charge >= 0.3 is 6.18 Å². The molecule has 0 saturated heterocycles. The molecule has 3 rings (SSSR count). The van der Waals surface area contributed by atoms with Gasteiger partial charge in [0.05, 0.1) is 23.6 Å². The summed E-state index contributed by atoms with van der Waals surface area (Å²) >= 11 is 0. The fourth-order valence-electron chi connectivity index (χ4n) is 3.34. The van der Waals surface area contributed by atoms with Crippen LogP contribution in [0.1, 0.15) is 31.2 Å². The van der Waals surface area contributed by atoms with E-state index >= 15 is 0 Å². The van der Waals surface area contributed by atoms with Crippen molar-refractivity contribution in [2.24, 2.45) is 0 Å². The first kappa shape index (κ1) is 15.0. The summed E-state index contributed by atoms with van der Waals surface area (Å²) < 4.78 is 38.2. The predicted octanol–water partition coefficient (Wildman–Crippen LogP) is 2.95. The van der Waals surface area contributed by atoms with Crippen molar-refractivity contribution in [2.45, 2.75) is 43.9 Å². The SMILES string of the molecule is O=CNC1CCC(N2CNc3cc(C(F)(F)F)ccc32)CC1. The van der Waals surface area contributed by atoms with E-state index in [1.54, 1.807) is 6.07 Å². The van der Waals surface area contributed by atoms with E-state index in [4.69, 9.17) is 0 Å². The van der Waals surface area contributed by atoms with E-state index in [-0.39, 0.29) is 6.04 Å². The summed E-state index contributed by atoms with van der Waals surface area (Å²) in [5.41, 5.74) is 0.752. The highest BCUT2D eigenvalue weighted by molar-refractivity contribution is 5.76. The van der Waals surface area contributed by atoms with Gasteiger partial charge < -0.3 is 15.5 Å². The third kappa shape index (κ3) is 2.84. The van der Waals surface area contributed by atoms with Crippen molar-refractivity contribution in [2.75, 3.05) is 16.9 Å². The molecule has 7 heteroatoms. The summed E-state index contributed by atoms with van der Waals surface area (Å²) in [5, 5.41) is 5.85. The first-order valence-corrected chi connectivity index (χ1v) is 7.40. The smallest absolute Gasteiger partial charge is 0.366 e. The van der Waals surface area contributed by atoms with Gasteiger partial charge in [-0.25, -0.2) is 0 Å². The molecule has 2 N–H and O–H groups in total. The second-order valence-corrected chi connectivity index (χ2v) is 5.82. The largest absolute Gasteiger partial charge is 0.416 e. The summed E-state index contributed by atoms with van der Waals surface area (Å²) in [6.07, 6.45) is 0.0616. The van der Waals surface area contributed by atoms with E-state index in [9.17, 15) is 18.0 Å². The lowest BCUT2D eigenvalue weighted by Gasteiger charge is -2.35. The Labute approximate surface area is 126 Å². The molecule has 1 aliphatic carbocycles. The maximum Gasteiger partial charge on any atom is 0.416 e. The van der Waals surface area contributed by atoms with Crippen molar-refractivity contribution < 1.29 is 18.0 Å². The van der Waals surface area contributed by atoms with Crippen molar-refractivity contribution in [1.82, 2.24) is 5.32 Å². The molecule has 1 fully saturated rings. The van der Waals surface area contributed by atoms with Crippen LogP contribution in [0.4, 0.5) is 24.5 Å². The third-order valence-corrected chi connectivity index (χ3v) is 4.51. The minimum Gasteiger partial charge on any atom is -0.366 e. The average molecular weight is 313 g/mol. The second kappa shape index (κ2) is 5.70. The van der Waals surface area contributed by atoms with E-state index in [2.05, 4.69) is 15.5 Å². The van der Waals surface area contributed by atoms with Crippen LogP contribution in [0.3, 0.4) is 0 Å². The number of hydrogen-bond donors (Lipinski definition) is 2. The van der Waals surface area contributed by atoms with Crippen molar-refractivity contribution in [3.63, 3.8) is 0 Å². The molecule has 0 aromatic heterocycles. The van der Waals surface area contributed by atoms with Crippen LogP contribution in [0.25, 0.3) is 0 Å². The van der Waals surface area contributed by atoms with Gasteiger partial charge in [-0.15, -0.1) is 0 Å². The molecule has 2 aliphatic rings. The summed E-state index contributed by atoms with van der Waals surface area (Å²) in [6.45, 7) is 0.535. The van der Waals surface area contributed by atoms with E-state index < -0.39 is 11.7 Å². The Bertz CT molecular complexity index is 553. The highest BCUT2D eigenvalue weighted by Crippen LogP contribution is 2.40. The monoisotopic (exact) mass is 313 g/mol. The number of rotatable bonds is 3. The number of carbonyl (C=O) groups is 1. The molecular weight excluding hydrogens is 295 g/mol. The lowest BCUT2D eigenvalue weighted by Crippen LogP contribution is -2.42. The fourth-order valence-corrected chi connectivity index (χ4v) is 3.34. The number of benzene rings is 1. The zero-order valence-electron chi connectivity index (χ0n) is 12.0. The van der Waals surface area contributed by atoms with Gasteiger partial charge in [0.25, 0.3) is 0 Å². The zero-order chi connectivity index (χ0) is 15.7. The number of anilines is 2. The first-order chi connectivity index (χ1) is 10.5. The number of amides is 1. The predicted molar refractivity (Wildman–Crippen MR) is 77.7 cm³/mol. The number of fused-ring (bicyclic) bond motifs is 1. The average Bonchev–Trinajstić information content (AvgIpc) is 2.90. The van der Waals surface area contributed by atoms with E-state index in [1.807, 2.05) is 0 Å². The van der Waals surface area contributed by atoms with E-state index in [1.165, 1.54) is 6.07 Å². The maximum atomic E-state index is 12.7. The Hall–Kier alpha value is -1.92. The Balaban J connectivity index is 1.71. The molecule has 0 atom stereocenters. The van der Waals surface area contributed by atoms with Crippen molar-refractivity contribution in [1.29, 1.82) is 0 Å². The number of hydrogen-bond acceptors (Lipinski definition) is 3. The van der Waals surface area contributed by atoms with Crippen LogP contribution in [0.5, 0.6) is 0 Å². The van der Waals surface area contributed by atoms with Gasteiger partial charge in [-0.3, -0.25) is 4.79 Å². The minimum atomic E-state index is -4.32. The minimum absolute atomic E-state index is 0.219. The zero-order valence-corrected chi connectivity index (χ0v) is 12.0. The van der Waals surface area contributed by atoms with Crippen LogP contribution in [0.15, 0.2) is 18.2 Å². The molecule has 1 amide bonds. The van der Waals surface area contributed by atoms with Crippen molar-refractivity contribution >= 4 is 17.8 Å². The Morgan fingerprint density at radius 1 is 1.23 bits per heavy atom. The summed E-state index contributed by atoms with van der Waals surface area (Å²) in [4.78, 5) is 12.6. The van der Waals surface area contributed by atoms with Crippen LogP contribution in [-0.2, 0) is 11.0 Å². The summed E-state index contributed by atoms with van der Waals surface area (Å²) in [6, 6.07) is 4.38. The second-order valence-electron chi connectivity index (χ2n) is 5.82. The number of nitrogens with one attached hydrogen (secondary N) is 2. The summed E-state index contributed by atoms with van der Waals surface area (Å²) in [5.74, 6) is 0. The molecule has 1 heterocycles. The lowest BCUT2D eigenvalue weighted by molar-refractivity contribution is -0.137. The Morgan fingerprint density at radius 2 is 1.95 bits per heavy atom. The summed E-state index contributed by atoms with van der Waals surface area (Å²) in [7, 11) is 0. The molecule has 22 heavy (non-hydrogen) atoms. The normalized spacial score (nSPS) is 24.6. The number of carbonyl (C=O) groups excluding carboxylic acids is 1. The highest BCUT2D eigenvalue weighted by Gasteiger charge is 2.34. The molecule has 120 valence electrons. The number of alkyl halides is 3. The van der Waals surface area contributed by atoms with Crippen LogP contribution < -0.4 is 15.5 Å². The molecule has 0 radical (unpaired) electrons. The molecule has 4 nitrogen and oxygen atoms in total. The molecular formula is C15H18F3N3O. The number of halogens is 3. The fraction of sp³-hybridized carbons (Fsp3) is 0.533. The van der Waals surface area contributed by atoms with Gasteiger partial charge in [-0.05, 0) is 43.9 Å². The van der Waals surface area contributed by atoms with Gasteiger partial charge in [0.1, 0.15) is 0 Å². The van der Waals surface area contributed by atoms with Crippen molar-refractivity contribution in [3.05, 3.63) is 23.8 Å². The Morgan fingerprint density at radius 3 is 2.59 bits per heavy atom. The van der Waals surface area contributed by atoms with Crippen LogP contribution in [0.2, 0.25) is 0 Å². The van der Waals surface area contributed by atoms with Gasteiger partial charge in [0.15, 0.2) is 0 Å². The molecule has 0 bridgehead atoms. The Kier molecular flexibility index (Phi) is 3.88. The van der Waals surface area contributed by atoms with E-state index in [0.717, 1.165) is 43.8 Å².